The maximum absolute atomic E-state index is 13.3. The van der Waals surface area contributed by atoms with Gasteiger partial charge in [-0.25, -0.2) is 9.97 Å². The van der Waals surface area contributed by atoms with E-state index in [1.807, 2.05) is 141 Å². The Morgan fingerprint density at radius 3 is 1.49 bits per heavy atom. The molecule has 32 heteroatoms. The topological polar surface area (TPSA) is 320 Å². The predicted molar refractivity (Wildman–Crippen MR) is 500 cm³/mol. The van der Waals surface area contributed by atoms with E-state index in [-0.39, 0.29) is 24.2 Å². The SMILES string of the molecule is CCC(O)c1cc2nccc(-c3cc(Cl)cc4c3OC(c3onc5c3CN(C)CC5)C4)c2s1.CCC(O)c1cc2nccc(-c3cc(Cl)cc4c3OC(c3onc5c3CNCC5)C4)c2o1.CCC(O)c1cc2nccc(-c3cc(Cl)cc4c3OC(c3onc5c3CNCC5)C4)c2s1.O=C(C1Cc2cc(Cl)cc(-c3ccnc4[nH]ccc34)c2O1)N1CCN(c2ccccn2)CC1. The Labute approximate surface area is 774 Å². The lowest BCUT2D eigenvalue weighted by Gasteiger charge is -2.36. The van der Waals surface area contributed by atoms with Gasteiger partial charge in [0.25, 0.3) is 5.91 Å². The number of fused-ring (bicyclic) bond motifs is 11. The van der Waals surface area contributed by atoms with Crippen LogP contribution < -0.4 is 34.5 Å². The molecule has 1 fully saturated rings. The van der Waals surface area contributed by atoms with Crippen LogP contribution in [0.25, 0.3) is 87.1 Å². The van der Waals surface area contributed by atoms with Crippen LogP contribution in [0.1, 0.15) is 165 Å². The molecule has 8 aliphatic rings. The van der Waals surface area contributed by atoms with Crippen molar-refractivity contribution in [1.29, 1.82) is 0 Å². The third kappa shape index (κ3) is 16.4. The van der Waals surface area contributed by atoms with E-state index >= 15 is 0 Å². The van der Waals surface area contributed by atoms with E-state index < -0.39 is 24.4 Å². The third-order valence-electron chi connectivity index (χ3n) is 25.5. The second-order valence-electron chi connectivity index (χ2n) is 33.8. The van der Waals surface area contributed by atoms with E-state index in [4.69, 9.17) is 83.3 Å². The molecule has 7 unspecified atom stereocenters. The van der Waals surface area contributed by atoms with Crippen molar-refractivity contribution in [3.05, 3.63) is 261 Å². The maximum atomic E-state index is 13.3. The van der Waals surface area contributed by atoms with Gasteiger partial charge in [-0.15, -0.1) is 22.7 Å². The number of hydrogen-bond acceptors (Lipinski definition) is 26. The molecular weight excluding hydrogens is 1770 g/mol. The highest BCUT2D eigenvalue weighted by Gasteiger charge is 2.41. The molecule has 664 valence electrons. The van der Waals surface area contributed by atoms with Crippen LogP contribution in [0.3, 0.4) is 0 Å². The van der Waals surface area contributed by atoms with Gasteiger partial charge in [-0.05, 0) is 135 Å². The van der Waals surface area contributed by atoms with Gasteiger partial charge in [0.15, 0.2) is 47.3 Å². The van der Waals surface area contributed by atoms with Crippen molar-refractivity contribution in [3.63, 3.8) is 0 Å². The molecule has 0 aliphatic carbocycles. The van der Waals surface area contributed by atoms with E-state index in [1.54, 1.807) is 59.7 Å². The van der Waals surface area contributed by atoms with Crippen LogP contribution in [0, 0.1) is 0 Å². The number of carbonyl (C=O) groups is 1. The number of hydrogen-bond donors (Lipinski definition) is 6. The first-order chi connectivity index (χ1) is 63.4. The first-order valence-corrected chi connectivity index (χ1v) is 47.1. The van der Waals surface area contributed by atoms with Gasteiger partial charge in [0.2, 0.25) is 0 Å². The Morgan fingerprint density at radius 1 is 0.485 bits per heavy atom. The molecule has 20 heterocycles. The second-order valence-corrected chi connectivity index (χ2v) is 37.7. The minimum Gasteiger partial charge on any atom is -0.481 e. The van der Waals surface area contributed by atoms with E-state index in [0.29, 0.717) is 95.0 Å². The molecule has 7 atom stereocenters. The average Bonchev–Trinajstić information content (AvgIpc) is 1.63. The number of anilines is 1. The van der Waals surface area contributed by atoms with Gasteiger partial charge in [0, 0.05) is 267 Å². The highest BCUT2D eigenvalue weighted by Crippen LogP contribution is 2.54. The van der Waals surface area contributed by atoms with Crippen molar-refractivity contribution in [2.45, 2.75) is 147 Å². The number of nitrogens with one attached hydrogen (secondary N) is 3. The van der Waals surface area contributed by atoms with Crippen molar-refractivity contribution in [2.75, 3.05) is 57.8 Å². The van der Waals surface area contributed by atoms with Crippen molar-refractivity contribution < 1.29 is 57.0 Å². The number of likely N-dealkylation sites (N-methyl/N-ethyl adjacent to an activating group) is 1. The summed E-state index contributed by atoms with van der Waals surface area (Å²) in [5, 5.41) is 54.2. The predicted octanol–water partition coefficient (Wildman–Crippen LogP) is 19.9. The summed E-state index contributed by atoms with van der Waals surface area (Å²) in [6, 6.07) is 36.9. The Kier molecular flexibility index (Phi) is 23.7. The number of thiophene rings is 2. The zero-order valence-electron chi connectivity index (χ0n) is 71.4. The molecule has 26 nitrogen and oxygen atoms in total. The molecule has 1 amide bonds. The van der Waals surface area contributed by atoms with Crippen LogP contribution in [-0.2, 0) is 69.4 Å². The Bertz CT molecular complexity index is 6800. The van der Waals surface area contributed by atoms with Gasteiger partial charge < -0.3 is 82.6 Å². The zero-order chi connectivity index (χ0) is 88.7. The van der Waals surface area contributed by atoms with Crippen LogP contribution >= 0.6 is 69.1 Å². The molecular formula is C98H90Cl4N14O12S2. The van der Waals surface area contributed by atoms with Gasteiger partial charge in [0.1, 0.15) is 51.8 Å². The van der Waals surface area contributed by atoms with Gasteiger partial charge in [-0.2, -0.15) is 0 Å². The first kappa shape index (κ1) is 85.4. The number of aromatic nitrogens is 9. The lowest BCUT2D eigenvalue weighted by molar-refractivity contribution is -0.138. The molecule has 130 heavy (non-hydrogen) atoms. The number of halogens is 4. The number of ether oxygens (including phenoxy) is 4. The van der Waals surface area contributed by atoms with Crippen molar-refractivity contribution in [3.8, 4) is 67.5 Å². The number of nitrogens with zero attached hydrogens (tertiary/aromatic N) is 11. The summed E-state index contributed by atoms with van der Waals surface area (Å²) in [4.78, 5) is 47.0. The van der Waals surface area contributed by atoms with Crippen molar-refractivity contribution in [2.24, 2.45) is 0 Å². The molecule has 4 aromatic carbocycles. The minimum atomic E-state index is -0.672. The summed E-state index contributed by atoms with van der Waals surface area (Å²) in [6.07, 6.45) is 14.9. The molecule has 24 rings (SSSR count). The molecule has 16 aromatic rings. The number of carbonyl (C=O) groups excluding carboxylic acids is 1. The first-order valence-electron chi connectivity index (χ1n) is 44.0. The normalized spacial score (nSPS) is 18.4. The van der Waals surface area contributed by atoms with Gasteiger partial charge >= 0.3 is 0 Å². The summed E-state index contributed by atoms with van der Waals surface area (Å²) in [5.74, 6) is 7.01. The fourth-order valence-electron chi connectivity index (χ4n) is 18.8. The van der Waals surface area contributed by atoms with Gasteiger partial charge in [-0.3, -0.25) is 19.7 Å². The van der Waals surface area contributed by atoms with Crippen LogP contribution in [0.15, 0.2) is 170 Å². The summed E-state index contributed by atoms with van der Waals surface area (Å²) in [5.41, 5.74) is 21.8. The van der Waals surface area contributed by atoms with Gasteiger partial charge in [0.05, 0.1) is 49.7 Å². The summed E-state index contributed by atoms with van der Waals surface area (Å²) < 4.78 is 51.1. The number of aromatic amines is 1. The number of aliphatic hydroxyl groups excluding tert-OH is 3. The van der Waals surface area contributed by atoms with E-state index in [9.17, 15) is 20.1 Å². The van der Waals surface area contributed by atoms with Crippen molar-refractivity contribution in [1.82, 2.24) is 65.8 Å². The van der Waals surface area contributed by atoms with Gasteiger partial charge in [-0.1, -0.05) is 88.7 Å². The van der Waals surface area contributed by atoms with Crippen LogP contribution in [0.4, 0.5) is 5.82 Å². The van der Waals surface area contributed by atoms with E-state index in [1.165, 1.54) is 0 Å². The molecule has 6 N–H and O–H groups in total. The molecule has 0 radical (unpaired) electrons. The van der Waals surface area contributed by atoms with Crippen LogP contribution in [0.2, 0.25) is 20.1 Å². The quantitative estimate of drug-likeness (QED) is 0.0555. The van der Waals surface area contributed by atoms with Crippen molar-refractivity contribution >= 4 is 123 Å². The molecule has 0 spiro atoms. The highest BCUT2D eigenvalue weighted by atomic mass is 35.5. The van der Waals surface area contributed by atoms with E-state index in [2.05, 4.69) is 72.9 Å². The number of amides is 1. The Balaban J connectivity index is 0.000000105. The Hall–Kier alpha value is -11.4. The number of rotatable bonds is 15. The summed E-state index contributed by atoms with van der Waals surface area (Å²) >= 11 is 29.2. The summed E-state index contributed by atoms with van der Waals surface area (Å²) in [7, 11) is 2.11. The molecule has 0 saturated carbocycles. The number of furan rings is 1. The lowest BCUT2D eigenvalue weighted by Crippen LogP contribution is -2.52. The minimum absolute atomic E-state index is 0.0236. The molecule has 12 aromatic heterocycles. The number of H-pyrrole nitrogens is 1. The maximum Gasteiger partial charge on any atom is 0.264 e. The zero-order valence-corrected chi connectivity index (χ0v) is 76.0. The molecule has 8 aliphatic heterocycles. The number of benzene rings is 4. The average molecular weight is 1860 g/mol. The number of pyridine rings is 5. The smallest absolute Gasteiger partial charge is 0.264 e. The van der Waals surface area contributed by atoms with E-state index in [0.717, 1.165) is 259 Å². The number of aliphatic hydroxyl groups is 3. The third-order valence-corrected chi connectivity index (χ3v) is 28.9. The highest BCUT2D eigenvalue weighted by molar-refractivity contribution is 7.20. The molecule has 1 saturated heterocycles. The lowest BCUT2D eigenvalue weighted by atomic mass is 9.99. The fourth-order valence-corrected chi connectivity index (χ4v) is 22.2. The molecule has 0 bridgehead atoms. The summed E-state index contributed by atoms with van der Waals surface area (Å²) in [6.45, 7) is 13.8. The second kappa shape index (κ2) is 36.1. The van der Waals surface area contributed by atoms with Crippen LogP contribution in [-0.4, -0.2) is 135 Å². The standard InChI is InChI=1S/C25H22ClN5O2.C25H24ClN3O3S.C24H22ClN3O4.C24H22ClN3O3S/c26-17-13-16-14-21(25(32)31-11-9-30(10-12-31)22-3-1-2-6-27-22)33-23(16)20(15-17)18-4-7-28-24-19(18)5-8-29-24;1-3-20(30)22-11-19-25(33-22)15(4-6-27-19)16-10-14(26)8-13-9-21(31-23(13)16)24-17-12-29(2)7-5-18(17)28-32-24;1-2-19(29)20-10-18-23(30-20)14(3-6-27-18)15-9-13(25)7-12-8-21(31-22(12)15)24-16-11-26-5-4-17(16)28-32-24;1-2-19(29)21-10-18-24(32-21)14(3-6-27-18)15-9-13(25)7-12-8-20(30-22(12)15)23-16-11-26-5-4-17(16)28-31-23/h1-8,13,15,21H,9-12,14H2,(H,28,29);4,6,8,10-11,20-21,30H,3,5,7,9,12H2,1-2H3;3,6-7,9-10,19,21,26,29H,2,4-5,8,11H2,1H3;3,6-7,9-10,19-20,26,29H,2,4-5,8,11H2,1H3. The Morgan fingerprint density at radius 2 is 0.962 bits per heavy atom. The largest absolute Gasteiger partial charge is 0.481 e. The van der Waals surface area contributed by atoms with Crippen LogP contribution in [0.5, 0.6) is 23.0 Å². The number of piperazine rings is 1. The fraction of sp³-hybridized carbons (Fsp3) is 0.316. The monoisotopic (exact) mass is 1860 g/mol.